The molecule has 0 bridgehead atoms. The number of ether oxygens (including phenoxy) is 2. The molecule has 3 aromatic rings. The van der Waals surface area contributed by atoms with Crippen LogP contribution < -0.4 is 4.74 Å². The Bertz CT molecular complexity index is 966. The summed E-state index contributed by atoms with van der Waals surface area (Å²) >= 11 is 0. The summed E-state index contributed by atoms with van der Waals surface area (Å²) in [7, 11) is 1.27. The second kappa shape index (κ2) is 7.86. The third-order valence-corrected chi connectivity index (χ3v) is 5.03. The number of nitrogens with zero attached hydrogens (tertiary/aromatic N) is 1. The minimum atomic E-state index is -0.869. The number of aliphatic hydroxyl groups excluding tert-OH is 1. The van der Waals surface area contributed by atoms with Gasteiger partial charge in [-0.25, -0.2) is 9.78 Å². The molecule has 0 aliphatic heterocycles. The van der Waals surface area contributed by atoms with Gasteiger partial charge in [0.2, 0.25) is 11.7 Å². The smallest absolute Gasteiger partial charge is 0.375 e. The molecule has 1 aliphatic rings. The molecular formula is C22H21NO5. The third kappa shape index (κ3) is 3.77. The number of para-hydroxylation sites is 1. The number of methoxy groups -OCH3 is 1. The molecule has 0 radical (unpaired) electrons. The van der Waals surface area contributed by atoms with Crippen molar-refractivity contribution < 1.29 is 23.8 Å². The van der Waals surface area contributed by atoms with Gasteiger partial charge in [0.1, 0.15) is 17.6 Å². The summed E-state index contributed by atoms with van der Waals surface area (Å²) in [6.45, 7) is 0. The van der Waals surface area contributed by atoms with E-state index in [0.29, 0.717) is 6.42 Å². The van der Waals surface area contributed by atoms with Gasteiger partial charge in [0, 0.05) is 0 Å². The third-order valence-electron chi connectivity index (χ3n) is 5.03. The summed E-state index contributed by atoms with van der Waals surface area (Å²) in [6, 6.07) is 15.7. The Labute approximate surface area is 162 Å². The number of esters is 1. The minimum absolute atomic E-state index is 0.00420. The van der Waals surface area contributed by atoms with Gasteiger partial charge in [0.25, 0.3) is 0 Å². The lowest BCUT2D eigenvalue weighted by molar-refractivity contribution is 0.0521. The molecule has 1 aromatic heterocycles. The molecule has 0 saturated carbocycles. The van der Waals surface area contributed by atoms with Crippen molar-refractivity contribution in [1.29, 1.82) is 0 Å². The van der Waals surface area contributed by atoms with Gasteiger partial charge >= 0.3 is 5.97 Å². The number of aryl methyl sites for hydroxylation is 1. The van der Waals surface area contributed by atoms with Gasteiger partial charge in [-0.15, -0.1) is 0 Å². The molecule has 2 unspecified atom stereocenters. The summed E-state index contributed by atoms with van der Waals surface area (Å²) in [5, 5.41) is 10.7. The number of carbonyl (C=O) groups excluding carboxylic acids is 1. The number of hydrogen-bond donors (Lipinski definition) is 1. The Morgan fingerprint density at radius 3 is 2.79 bits per heavy atom. The normalized spacial score (nSPS) is 16.9. The van der Waals surface area contributed by atoms with Gasteiger partial charge in [-0.05, 0) is 60.6 Å². The van der Waals surface area contributed by atoms with Crippen LogP contribution in [0.25, 0.3) is 0 Å². The van der Waals surface area contributed by atoms with Gasteiger partial charge in [-0.2, -0.15) is 0 Å². The van der Waals surface area contributed by atoms with E-state index in [-0.39, 0.29) is 17.6 Å². The van der Waals surface area contributed by atoms with E-state index in [4.69, 9.17) is 9.15 Å². The van der Waals surface area contributed by atoms with E-state index < -0.39 is 12.1 Å². The van der Waals surface area contributed by atoms with E-state index in [1.54, 1.807) is 0 Å². The fourth-order valence-corrected chi connectivity index (χ4v) is 3.54. The number of aliphatic hydroxyl groups is 1. The standard InChI is InChI=1S/C22H21NO5/c1-26-22(25)19-13-23-21(28-19)20(24)16-8-7-15-12-18(10-9-14(15)11-16)27-17-5-3-2-4-6-17/h2-6,9-10,12-13,16,20,24H,7-8,11H2,1H3. The predicted molar refractivity (Wildman–Crippen MR) is 101 cm³/mol. The zero-order chi connectivity index (χ0) is 19.5. The average Bonchev–Trinajstić information content (AvgIpc) is 3.23. The highest BCUT2D eigenvalue weighted by Crippen LogP contribution is 2.36. The fourth-order valence-electron chi connectivity index (χ4n) is 3.54. The molecule has 2 aromatic carbocycles. The highest BCUT2D eigenvalue weighted by Gasteiger charge is 2.30. The zero-order valence-electron chi connectivity index (χ0n) is 15.5. The van der Waals surface area contributed by atoms with Gasteiger partial charge in [-0.3, -0.25) is 0 Å². The molecule has 6 nitrogen and oxygen atoms in total. The van der Waals surface area contributed by atoms with Crippen molar-refractivity contribution in [3.63, 3.8) is 0 Å². The van der Waals surface area contributed by atoms with Crippen molar-refractivity contribution in [3.05, 3.63) is 77.5 Å². The Morgan fingerprint density at radius 2 is 2.00 bits per heavy atom. The van der Waals surface area contributed by atoms with Gasteiger partial charge < -0.3 is 19.0 Å². The topological polar surface area (TPSA) is 81.8 Å². The maximum absolute atomic E-state index is 11.5. The maximum Gasteiger partial charge on any atom is 0.375 e. The van der Waals surface area contributed by atoms with Crippen LogP contribution in [-0.4, -0.2) is 23.2 Å². The van der Waals surface area contributed by atoms with Crippen LogP contribution in [0.3, 0.4) is 0 Å². The van der Waals surface area contributed by atoms with E-state index in [0.717, 1.165) is 24.3 Å². The minimum Gasteiger partial charge on any atom is -0.463 e. The van der Waals surface area contributed by atoms with E-state index in [1.807, 2.05) is 42.5 Å². The second-order valence-electron chi connectivity index (χ2n) is 6.85. The lowest BCUT2D eigenvalue weighted by Crippen LogP contribution is -2.21. The second-order valence-corrected chi connectivity index (χ2v) is 6.85. The molecule has 28 heavy (non-hydrogen) atoms. The van der Waals surface area contributed by atoms with Gasteiger partial charge in [-0.1, -0.05) is 24.3 Å². The van der Waals surface area contributed by atoms with Crippen LogP contribution in [0.5, 0.6) is 11.5 Å². The number of fused-ring (bicyclic) bond motifs is 1. The summed E-state index contributed by atoms with van der Waals surface area (Å²) < 4.78 is 15.9. The first-order chi connectivity index (χ1) is 13.6. The van der Waals surface area contributed by atoms with E-state index in [9.17, 15) is 9.90 Å². The monoisotopic (exact) mass is 379 g/mol. The molecule has 1 heterocycles. The van der Waals surface area contributed by atoms with Crippen molar-refractivity contribution >= 4 is 5.97 Å². The van der Waals surface area contributed by atoms with Gasteiger partial charge in [0.15, 0.2) is 0 Å². The molecule has 2 atom stereocenters. The first kappa shape index (κ1) is 18.3. The van der Waals surface area contributed by atoms with Crippen LogP contribution in [-0.2, 0) is 17.6 Å². The maximum atomic E-state index is 11.5. The quantitative estimate of drug-likeness (QED) is 0.673. The van der Waals surface area contributed by atoms with Crippen LogP contribution in [0, 0.1) is 5.92 Å². The van der Waals surface area contributed by atoms with Crippen molar-refractivity contribution in [1.82, 2.24) is 4.98 Å². The molecule has 144 valence electrons. The number of oxazole rings is 1. The van der Waals surface area contributed by atoms with Crippen LogP contribution in [0.15, 0.2) is 59.1 Å². The first-order valence-electron chi connectivity index (χ1n) is 9.21. The molecule has 6 heteroatoms. The summed E-state index contributed by atoms with van der Waals surface area (Å²) in [4.78, 5) is 15.5. The molecule has 1 N–H and O–H groups in total. The van der Waals surface area contributed by atoms with E-state index in [2.05, 4.69) is 15.8 Å². The SMILES string of the molecule is COC(=O)c1cnc(C(O)C2CCc3cc(Oc4ccccc4)ccc3C2)o1. The number of carbonyl (C=O) groups is 1. The zero-order valence-corrected chi connectivity index (χ0v) is 15.5. The molecule has 0 amide bonds. The highest BCUT2D eigenvalue weighted by molar-refractivity contribution is 5.85. The fraction of sp³-hybridized carbons (Fsp3) is 0.273. The summed E-state index contributed by atoms with van der Waals surface area (Å²) in [5.41, 5.74) is 2.40. The molecular weight excluding hydrogens is 358 g/mol. The number of aromatic nitrogens is 1. The Kier molecular flexibility index (Phi) is 5.12. The van der Waals surface area contributed by atoms with Crippen molar-refractivity contribution in [3.8, 4) is 11.5 Å². The largest absolute Gasteiger partial charge is 0.463 e. The number of rotatable bonds is 5. The van der Waals surface area contributed by atoms with Crippen LogP contribution >= 0.6 is 0 Å². The Hall–Kier alpha value is -3.12. The molecule has 0 spiro atoms. The lowest BCUT2D eigenvalue weighted by Gasteiger charge is -2.27. The van der Waals surface area contributed by atoms with E-state index in [1.165, 1.54) is 24.4 Å². The summed E-state index contributed by atoms with van der Waals surface area (Å²) in [6.07, 6.45) is 2.74. The number of hydrogen-bond acceptors (Lipinski definition) is 6. The number of benzene rings is 2. The predicted octanol–water partition coefficient (Wildman–Crippen LogP) is 4.09. The molecule has 0 saturated heterocycles. The molecule has 0 fully saturated rings. The van der Waals surface area contributed by atoms with Crippen molar-refractivity contribution in [2.24, 2.45) is 5.92 Å². The Morgan fingerprint density at radius 1 is 1.18 bits per heavy atom. The van der Waals surface area contributed by atoms with Crippen molar-refractivity contribution in [2.45, 2.75) is 25.4 Å². The van der Waals surface area contributed by atoms with Crippen LogP contribution in [0.4, 0.5) is 0 Å². The highest BCUT2D eigenvalue weighted by atomic mass is 16.5. The van der Waals surface area contributed by atoms with Crippen molar-refractivity contribution in [2.75, 3.05) is 7.11 Å². The van der Waals surface area contributed by atoms with Crippen LogP contribution in [0.2, 0.25) is 0 Å². The lowest BCUT2D eigenvalue weighted by atomic mass is 9.81. The van der Waals surface area contributed by atoms with Gasteiger partial charge in [0.05, 0.1) is 13.3 Å². The summed E-state index contributed by atoms with van der Waals surface area (Å²) in [5.74, 6) is 1.12. The molecule has 1 aliphatic carbocycles. The molecule has 4 rings (SSSR count). The van der Waals surface area contributed by atoms with Crippen LogP contribution in [0.1, 0.15) is 40.1 Å². The Balaban J connectivity index is 1.46. The average molecular weight is 379 g/mol. The first-order valence-corrected chi connectivity index (χ1v) is 9.21. The van der Waals surface area contributed by atoms with E-state index >= 15 is 0 Å².